The molecule has 0 bridgehead atoms. The SMILES string of the molecule is C/C(CC(=O)Nc1ccc2c(c1)OCCO2)=N\NC(N)=O. The first kappa shape index (κ1) is 14.6. The molecule has 1 aromatic carbocycles. The maximum absolute atomic E-state index is 11.8. The normalized spacial score (nSPS) is 13.5. The van der Waals surface area contributed by atoms with E-state index in [1.807, 2.05) is 0 Å². The van der Waals surface area contributed by atoms with Gasteiger partial charge in [0.1, 0.15) is 13.2 Å². The van der Waals surface area contributed by atoms with Crippen molar-refractivity contribution in [3.05, 3.63) is 18.2 Å². The van der Waals surface area contributed by atoms with Crippen molar-refractivity contribution in [2.75, 3.05) is 18.5 Å². The number of hydrogen-bond donors (Lipinski definition) is 3. The summed E-state index contributed by atoms with van der Waals surface area (Å²) in [7, 11) is 0. The number of carbonyl (C=O) groups is 2. The van der Waals surface area contributed by atoms with Gasteiger partial charge in [-0.3, -0.25) is 4.79 Å². The van der Waals surface area contributed by atoms with E-state index in [0.29, 0.717) is 36.1 Å². The fourth-order valence-electron chi connectivity index (χ4n) is 1.75. The number of nitrogens with two attached hydrogens (primary N) is 1. The number of nitrogens with zero attached hydrogens (tertiary/aromatic N) is 1. The Bertz CT molecular complexity index is 586. The predicted molar refractivity (Wildman–Crippen MR) is 76.5 cm³/mol. The minimum absolute atomic E-state index is 0.0364. The maximum Gasteiger partial charge on any atom is 0.332 e. The van der Waals surface area contributed by atoms with Crippen LogP contribution < -0.4 is 25.9 Å². The average Bonchev–Trinajstić information content (AvgIpc) is 2.45. The molecule has 0 unspecified atom stereocenters. The molecule has 1 heterocycles. The number of hydrogen-bond acceptors (Lipinski definition) is 5. The number of rotatable bonds is 4. The Morgan fingerprint density at radius 2 is 2.00 bits per heavy atom. The predicted octanol–water partition coefficient (Wildman–Crippen LogP) is 0.831. The van der Waals surface area contributed by atoms with Crippen LogP contribution in [0.5, 0.6) is 11.5 Å². The van der Waals surface area contributed by atoms with Gasteiger partial charge in [0.2, 0.25) is 5.91 Å². The lowest BCUT2D eigenvalue weighted by Crippen LogP contribution is -2.26. The van der Waals surface area contributed by atoms with Crippen LogP contribution in [0.1, 0.15) is 13.3 Å². The average molecular weight is 292 g/mol. The van der Waals surface area contributed by atoms with E-state index in [4.69, 9.17) is 15.2 Å². The molecule has 1 aliphatic heterocycles. The molecular formula is C13H16N4O4. The topological polar surface area (TPSA) is 115 Å². The quantitative estimate of drug-likeness (QED) is 0.563. The lowest BCUT2D eigenvalue weighted by Gasteiger charge is -2.19. The van der Waals surface area contributed by atoms with Gasteiger partial charge in [-0.1, -0.05) is 0 Å². The third-order valence-electron chi connectivity index (χ3n) is 2.60. The van der Waals surface area contributed by atoms with Crippen LogP contribution in [0.4, 0.5) is 10.5 Å². The van der Waals surface area contributed by atoms with Crippen molar-refractivity contribution < 1.29 is 19.1 Å². The van der Waals surface area contributed by atoms with Gasteiger partial charge in [0.05, 0.1) is 6.42 Å². The highest BCUT2D eigenvalue weighted by atomic mass is 16.6. The first-order chi connectivity index (χ1) is 10.0. The van der Waals surface area contributed by atoms with Gasteiger partial charge in [-0.2, -0.15) is 5.10 Å². The van der Waals surface area contributed by atoms with Gasteiger partial charge in [0.25, 0.3) is 0 Å². The summed E-state index contributed by atoms with van der Waals surface area (Å²) in [4.78, 5) is 22.3. The van der Waals surface area contributed by atoms with E-state index in [2.05, 4.69) is 15.8 Å². The zero-order valence-electron chi connectivity index (χ0n) is 11.5. The summed E-state index contributed by atoms with van der Waals surface area (Å²) in [6.07, 6.45) is 0.0364. The molecule has 1 aromatic rings. The lowest BCUT2D eigenvalue weighted by molar-refractivity contribution is -0.115. The zero-order chi connectivity index (χ0) is 15.2. The molecule has 8 nitrogen and oxygen atoms in total. The number of fused-ring (bicyclic) bond motifs is 1. The smallest absolute Gasteiger partial charge is 0.332 e. The molecule has 0 saturated carbocycles. The molecule has 0 atom stereocenters. The van der Waals surface area contributed by atoms with Gasteiger partial charge in [-0.15, -0.1) is 0 Å². The number of anilines is 1. The van der Waals surface area contributed by atoms with E-state index >= 15 is 0 Å². The van der Waals surface area contributed by atoms with Gasteiger partial charge >= 0.3 is 6.03 Å². The van der Waals surface area contributed by atoms with E-state index in [9.17, 15) is 9.59 Å². The number of urea groups is 1. The van der Waals surface area contributed by atoms with Crippen LogP contribution in [0.25, 0.3) is 0 Å². The summed E-state index contributed by atoms with van der Waals surface area (Å²) in [6, 6.07) is 4.38. The summed E-state index contributed by atoms with van der Waals surface area (Å²) < 4.78 is 10.8. The number of ether oxygens (including phenoxy) is 2. The minimum Gasteiger partial charge on any atom is -0.486 e. The fraction of sp³-hybridized carbons (Fsp3) is 0.308. The Morgan fingerprint density at radius 3 is 2.71 bits per heavy atom. The van der Waals surface area contributed by atoms with Crippen molar-refractivity contribution in [2.24, 2.45) is 10.8 Å². The molecule has 4 N–H and O–H groups in total. The summed E-state index contributed by atoms with van der Waals surface area (Å²) in [5.41, 5.74) is 7.97. The van der Waals surface area contributed by atoms with E-state index in [1.165, 1.54) is 0 Å². The maximum atomic E-state index is 11.8. The highest BCUT2D eigenvalue weighted by molar-refractivity contribution is 6.05. The van der Waals surface area contributed by atoms with Crippen LogP contribution in [0.15, 0.2) is 23.3 Å². The Morgan fingerprint density at radius 1 is 1.29 bits per heavy atom. The molecule has 0 radical (unpaired) electrons. The van der Waals surface area contributed by atoms with E-state index in [-0.39, 0.29) is 12.3 Å². The van der Waals surface area contributed by atoms with Crippen LogP contribution in [-0.4, -0.2) is 30.9 Å². The van der Waals surface area contributed by atoms with Crippen LogP contribution in [-0.2, 0) is 4.79 Å². The molecule has 0 spiro atoms. The molecule has 2 rings (SSSR count). The summed E-state index contributed by atoms with van der Waals surface area (Å²) in [6.45, 7) is 2.61. The van der Waals surface area contributed by atoms with Gasteiger partial charge in [0.15, 0.2) is 11.5 Å². The van der Waals surface area contributed by atoms with Gasteiger partial charge in [-0.05, 0) is 19.1 Å². The Kier molecular flexibility index (Phi) is 4.60. The second-order valence-electron chi connectivity index (χ2n) is 4.41. The largest absolute Gasteiger partial charge is 0.486 e. The summed E-state index contributed by atoms with van der Waals surface area (Å²) in [5, 5.41) is 6.37. The van der Waals surface area contributed by atoms with Gasteiger partial charge < -0.3 is 20.5 Å². The molecule has 0 fully saturated rings. The first-order valence-corrected chi connectivity index (χ1v) is 6.32. The van der Waals surface area contributed by atoms with Crippen molar-refractivity contribution in [1.82, 2.24) is 5.43 Å². The fourth-order valence-corrected chi connectivity index (χ4v) is 1.75. The van der Waals surface area contributed by atoms with Crippen molar-refractivity contribution in [2.45, 2.75) is 13.3 Å². The van der Waals surface area contributed by atoms with Crippen LogP contribution in [0, 0.1) is 0 Å². The second kappa shape index (κ2) is 6.60. The van der Waals surface area contributed by atoms with E-state index in [0.717, 1.165) is 0 Å². The molecule has 3 amide bonds. The molecule has 0 saturated heterocycles. The standard InChI is InChI=1S/C13H16N4O4/c1-8(16-17-13(14)19)6-12(18)15-9-2-3-10-11(7-9)21-5-4-20-10/h2-3,7H,4-6H2,1H3,(H,15,18)(H3,14,17,19)/b16-8+. The Balaban J connectivity index is 1.93. The van der Waals surface area contributed by atoms with E-state index in [1.54, 1.807) is 25.1 Å². The molecule has 8 heteroatoms. The number of carbonyl (C=O) groups excluding carboxylic acids is 2. The highest BCUT2D eigenvalue weighted by Crippen LogP contribution is 2.32. The molecule has 0 aromatic heterocycles. The number of primary amides is 1. The van der Waals surface area contributed by atoms with Crippen molar-refractivity contribution in [3.63, 3.8) is 0 Å². The summed E-state index contributed by atoms with van der Waals surface area (Å²) >= 11 is 0. The molecule has 0 aliphatic carbocycles. The van der Waals surface area contributed by atoms with Crippen molar-refractivity contribution in [1.29, 1.82) is 0 Å². The molecule has 21 heavy (non-hydrogen) atoms. The van der Waals surface area contributed by atoms with Gasteiger partial charge in [-0.25, -0.2) is 10.2 Å². The van der Waals surface area contributed by atoms with E-state index < -0.39 is 6.03 Å². The molecule has 1 aliphatic rings. The minimum atomic E-state index is -0.776. The highest BCUT2D eigenvalue weighted by Gasteiger charge is 2.13. The lowest BCUT2D eigenvalue weighted by atomic mass is 10.2. The van der Waals surface area contributed by atoms with Gasteiger partial charge in [0, 0.05) is 17.5 Å². The second-order valence-corrected chi connectivity index (χ2v) is 4.41. The number of hydrazone groups is 1. The number of benzene rings is 1. The first-order valence-electron chi connectivity index (χ1n) is 6.32. The number of nitrogens with one attached hydrogen (secondary N) is 2. The summed E-state index contributed by atoms with van der Waals surface area (Å²) in [5.74, 6) is 0.988. The van der Waals surface area contributed by atoms with Crippen LogP contribution in [0.3, 0.4) is 0 Å². The van der Waals surface area contributed by atoms with Crippen molar-refractivity contribution in [3.8, 4) is 11.5 Å². The Hall–Kier alpha value is -2.77. The van der Waals surface area contributed by atoms with Crippen molar-refractivity contribution >= 4 is 23.3 Å². The molecular weight excluding hydrogens is 276 g/mol. The zero-order valence-corrected chi connectivity index (χ0v) is 11.5. The number of amides is 3. The Labute approximate surface area is 121 Å². The van der Waals surface area contributed by atoms with Crippen LogP contribution >= 0.6 is 0 Å². The third-order valence-corrected chi connectivity index (χ3v) is 2.60. The molecule has 112 valence electrons. The third kappa shape index (κ3) is 4.37. The van der Waals surface area contributed by atoms with Crippen LogP contribution in [0.2, 0.25) is 0 Å². The monoisotopic (exact) mass is 292 g/mol.